The van der Waals surface area contributed by atoms with Crippen LogP contribution in [0, 0.1) is 5.92 Å². The molecule has 3 aromatic rings. The fourth-order valence-corrected chi connectivity index (χ4v) is 2.32. The van der Waals surface area contributed by atoms with Crippen molar-refractivity contribution in [3.05, 3.63) is 132 Å². The standard InChI is InChI=1S/C14H14.2C5H5.2Fe/c1-11(13-7-3-4-8-13)12(2)14-9-5-6-10-14;2*1-2-4-5-3-1;;/h3-10H,1-2H3;2*1-5H;;/q-2;2*-1;2*+2. The summed E-state index contributed by atoms with van der Waals surface area (Å²) in [6, 6.07) is 28.5. The maximum Gasteiger partial charge on any atom is 2.00 e. The molecule has 0 aromatic heterocycles. The Hall–Kier alpha value is -1.82. The summed E-state index contributed by atoms with van der Waals surface area (Å²) >= 11 is 0. The van der Waals surface area contributed by atoms with Gasteiger partial charge in [-0.05, 0) is 0 Å². The fourth-order valence-electron chi connectivity index (χ4n) is 2.32. The Morgan fingerprint density at radius 2 is 1.27 bits per heavy atom. The molecule has 0 bridgehead atoms. The zero-order chi connectivity index (χ0) is 17.0. The number of hydrogen-bond acceptors (Lipinski definition) is 0. The summed E-state index contributed by atoms with van der Waals surface area (Å²) in [5, 5.41) is 0. The molecule has 4 rings (SSSR count). The van der Waals surface area contributed by atoms with Crippen molar-refractivity contribution in [3.63, 3.8) is 0 Å². The van der Waals surface area contributed by atoms with E-state index < -0.39 is 0 Å². The van der Waals surface area contributed by atoms with E-state index in [0.29, 0.717) is 0 Å². The van der Waals surface area contributed by atoms with Gasteiger partial charge in [-0.15, -0.1) is 19.1 Å². The minimum absolute atomic E-state index is 0. The molecule has 0 saturated carbocycles. The number of rotatable bonds is 2. The summed E-state index contributed by atoms with van der Waals surface area (Å²) in [5.74, 6) is 1.36. The van der Waals surface area contributed by atoms with E-state index in [0.717, 1.165) is 0 Å². The van der Waals surface area contributed by atoms with Crippen LogP contribution in [0.4, 0.5) is 0 Å². The smallest absolute Gasteiger partial charge is 0.268 e. The van der Waals surface area contributed by atoms with Crippen molar-refractivity contribution in [2.45, 2.75) is 13.8 Å². The van der Waals surface area contributed by atoms with Crippen LogP contribution in [-0.2, 0) is 34.1 Å². The van der Waals surface area contributed by atoms with E-state index in [-0.39, 0.29) is 34.1 Å². The SMILES string of the molecule is CC(=C1C=CC=C1)[C-](C)c1ccc[cH-]1.[Fe+2].[Fe+2].c1cc[cH-]c1.c1cc[cH-]c1. The predicted octanol–water partition coefficient (Wildman–Crippen LogP) is 6.60. The van der Waals surface area contributed by atoms with Crippen LogP contribution in [0.3, 0.4) is 0 Å². The van der Waals surface area contributed by atoms with Crippen molar-refractivity contribution in [2.24, 2.45) is 0 Å². The van der Waals surface area contributed by atoms with Crippen LogP contribution in [0.2, 0.25) is 0 Å². The summed E-state index contributed by atoms with van der Waals surface area (Å²) in [7, 11) is 0. The molecule has 2 heteroatoms. The number of allylic oxidation sites excluding steroid dienone is 6. The van der Waals surface area contributed by atoms with Crippen LogP contribution in [0.5, 0.6) is 0 Å². The van der Waals surface area contributed by atoms with E-state index in [1.54, 1.807) is 0 Å². The van der Waals surface area contributed by atoms with Gasteiger partial charge < -0.3 is 0 Å². The second-order valence-corrected chi connectivity index (χ2v) is 5.52. The van der Waals surface area contributed by atoms with Gasteiger partial charge in [-0.2, -0.15) is 54.1 Å². The van der Waals surface area contributed by atoms with Gasteiger partial charge >= 0.3 is 34.1 Å². The average molecular weight is 424 g/mol. The number of hydrogen-bond donors (Lipinski definition) is 0. The molecule has 0 radical (unpaired) electrons. The molecule has 0 fully saturated rings. The molecule has 0 atom stereocenters. The third-order valence-electron chi connectivity index (χ3n) is 3.86. The van der Waals surface area contributed by atoms with Crippen molar-refractivity contribution < 1.29 is 34.1 Å². The van der Waals surface area contributed by atoms with E-state index in [2.05, 4.69) is 62.4 Å². The first-order chi connectivity index (χ1) is 11.8. The van der Waals surface area contributed by atoms with Crippen molar-refractivity contribution >= 4 is 0 Å². The summed E-state index contributed by atoms with van der Waals surface area (Å²) in [6.07, 6.45) is 8.47. The van der Waals surface area contributed by atoms with Crippen LogP contribution in [-0.4, -0.2) is 0 Å². The van der Waals surface area contributed by atoms with E-state index in [1.165, 1.54) is 22.6 Å². The molecule has 136 valence electrons. The molecule has 3 aromatic carbocycles. The van der Waals surface area contributed by atoms with Crippen LogP contribution >= 0.6 is 0 Å². The molecule has 1 aliphatic rings. The Balaban J connectivity index is 0.000000432. The minimum atomic E-state index is 0. The quantitative estimate of drug-likeness (QED) is 0.322. The van der Waals surface area contributed by atoms with Crippen LogP contribution in [0.15, 0.2) is 120 Å². The molecule has 0 amide bonds. The largest absolute Gasteiger partial charge is 2.00 e. The van der Waals surface area contributed by atoms with E-state index in [4.69, 9.17) is 0 Å². The maximum atomic E-state index is 2.18. The van der Waals surface area contributed by atoms with Gasteiger partial charge in [0, 0.05) is 0 Å². The molecule has 0 nitrogen and oxygen atoms in total. The van der Waals surface area contributed by atoms with E-state index >= 15 is 0 Å². The minimum Gasteiger partial charge on any atom is -0.268 e. The Labute approximate surface area is 179 Å². The molecular weight excluding hydrogens is 400 g/mol. The second-order valence-electron chi connectivity index (χ2n) is 5.52. The first-order valence-corrected chi connectivity index (χ1v) is 8.24. The monoisotopic (exact) mass is 424 g/mol. The first-order valence-electron chi connectivity index (χ1n) is 8.24. The van der Waals surface area contributed by atoms with Gasteiger partial charge in [-0.1, -0.05) is 19.1 Å². The van der Waals surface area contributed by atoms with Crippen molar-refractivity contribution in [3.8, 4) is 0 Å². The predicted molar refractivity (Wildman–Crippen MR) is 105 cm³/mol. The summed E-state index contributed by atoms with van der Waals surface area (Å²) in [5.41, 5.74) is 4.01. The zero-order valence-corrected chi connectivity index (χ0v) is 17.3. The molecule has 0 spiro atoms. The second kappa shape index (κ2) is 14.4. The zero-order valence-electron chi connectivity index (χ0n) is 15.1. The fraction of sp³-hybridized carbons (Fsp3) is 0.0833. The van der Waals surface area contributed by atoms with Crippen molar-refractivity contribution in [1.29, 1.82) is 0 Å². The molecule has 0 N–H and O–H groups in total. The van der Waals surface area contributed by atoms with Gasteiger partial charge in [0.25, 0.3) is 0 Å². The molecule has 1 aliphatic carbocycles. The van der Waals surface area contributed by atoms with Gasteiger partial charge in [0.1, 0.15) is 0 Å². The molecule has 0 heterocycles. The summed E-state index contributed by atoms with van der Waals surface area (Å²) in [6.45, 7) is 4.36. The molecule has 0 saturated heterocycles. The van der Waals surface area contributed by atoms with Crippen LogP contribution in [0.1, 0.15) is 19.4 Å². The third-order valence-corrected chi connectivity index (χ3v) is 3.86. The maximum absolute atomic E-state index is 2.18. The first kappa shape index (κ1) is 24.2. The third kappa shape index (κ3) is 8.52. The molecule has 0 unspecified atom stereocenters. The Bertz CT molecular complexity index is 650. The average Bonchev–Trinajstić information content (AvgIpc) is 3.41. The Kier molecular flexibility index (Phi) is 13.4. The van der Waals surface area contributed by atoms with E-state index in [9.17, 15) is 0 Å². The molecule has 26 heavy (non-hydrogen) atoms. The summed E-state index contributed by atoms with van der Waals surface area (Å²) < 4.78 is 0. The van der Waals surface area contributed by atoms with Gasteiger partial charge in [-0.3, -0.25) is 5.56 Å². The van der Waals surface area contributed by atoms with E-state index in [1.807, 2.05) is 60.7 Å². The summed E-state index contributed by atoms with van der Waals surface area (Å²) in [4.78, 5) is 0. The molecular formula is C24H24Fe2. The van der Waals surface area contributed by atoms with Gasteiger partial charge in [-0.25, -0.2) is 47.9 Å². The van der Waals surface area contributed by atoms with Gasteiger partial charge in [0.15, 0.2) is 0 Å². The molecule has 0 aliphatic heterocycles. The van der Waals surface area contributed by atoms with Gasteiger partial charge in [0.05, 0.1) is 0 Å². The Morgan fingerprint density at radius 3 is 1.62 bits per heavy atom. The topological polar surface area (TPSA) is 0 Å². The van der Waals surface area contributed by atoms with Crippen LogP contribution in [0.25, 0.3) is 0 Å². The Morgan fingerprint density at radius 1 is 0.769 bits per heavy atom. The van der Waals surface area contributed by atoms with Crippen LogP contribution < -0.4 is 0 Å². The van der Waals surface area contributed by atoms with Gasteiger partial charge in [0.2, 0.25) is 0 Å². The van der Waals surface area contributed by atoms with Crippen molar-refractivity contribution in [2.75, 3.05) is 0 Å². The van der Waals surface area contributed by atoms with Crippen molar-refractivity contribution in [1.82, 2.24) is 0 Å². The normalized spacial score (nSPS) is 10.5.